The van der Waals surface area contributed by atoms with Gasteiger partial charge in [-0.25, -0.2) is 9.37 Å². The van der Waals surface area contributed by atoms with Gasteiger partial charge in [-0.3, -0.25) is 14.1 Å². The number of hydrogen-bond donors (Lipinski definition) is 0. The molecule has 2 aliphatic rings. The first-order valence-corrected chi connectivity index (χ1v) is 16.4. The summed E-state index contributed by atoms with van der Waals surface area (Å²) in [5, 5.41) is 0. The van der Waals surface area contributed by atoms with E-state index in [-0.39, 0.29) is 44.3 Å². The Bertz CT molecular complexity index is 1360. The number of oxazole rings is 1. The molecule has 10 nitrogen and oxygen atoms in total. The Labute approximate surface area is 232 Å². The van der Waals surface area contributed by atoms with E-state index in [0.717, 1.165) is 23.4 Å². The van der Waals surface area contributed by atoms with Gasteiger partial charge in [0.15, 0.2) is 16.5 Å². The predicted octanol–water partition coefficient (Wildman–Crippen LogP) is 7.02. The molecule has 0 saturated carbocycles. The van der Waals surface area contributed by atoms with Crippen LogP contribution in [0.2, 0.25) is 0 Å². The molecule has 0 unspecified atom stereocenters. The molecule has 0 spiro atoms. The molecule has 13 heteroatoms. The molecule has 0 N–H and O–H groups in total. The highest BCUT2D eigenvalue weighted by Crippen LogP contribution is 2.83. The summed E-state index contributed by atoms with van der Waals surface area (Å²) >= 11 is 0. The van der Waals surface area contributed by atoms with Crippen LogP contribution in [0.5, 0.6) is 5.75 Å². The molecule has 2 aromatic heterocycles. The van der Waals surface area contributed by atoms with Crippen molar-refractivity contribution in [1.82, 2.24) is 9.97 Å². The molecule has 0 atom stereocenters. The minimum absolute atomic E-state index is 0.0615. The summed E-state index contributed by atoms with van der Waals surface area (Å²) in [6.07, 6.45) is 6.48. The van der Waals surface area contributed by atoms with Crippen LogP contribution >= 0.6 is 15.2 Å². The summed E-state index contributed by atoms with van der Waals surface area (Å²) in [6.45, 7) is 4.26. The number of aryl methyl sites for hydroxylation is 2. The van der Waals surface area contributed by atoms with E-state index in [0.29, 0.717) is 31.6 Å². The van der Waals surface area contributed by atoms with E-state index in [1.165, 1.54) is 25.1 Å². The van der Waals surface area contributed by atoms with Gasteiger partial charge in [0.2, 0.25) is 5.89 Å². The second kappa shape index (κ2) is 12.2. The lowest BCUT2D eigenvalue weighted by atomic mass is 10.1. The van der Waals surface area contributed by atoms with Gasteiger partial charge in [0.1, 0.15) is 5.76 Å². The molecule has 2 fully saturated rings. The SMILES string of the molecule is Cc1oc(-c2ccncc2)nc1CCCCOc1cc(C(C)(P2(=O)OCCCO2)P2(=O)OCCCO2)ccc1F. The van der Waals surface area contributed by atoms with E-state index in [1.54, 1.807) is 12.4 Å². The van der Waals surface area contributed by atoms with Crippen molar-refractivity contribution in [1.29, 1.82) is 0 Å². The number of aromatic nitrogens is 2. The Balaban J connectivity index is 1.28. The number of halogens is 1. The van der Waals surface area contributed by atoms with Gasteiger partial charge in [0, 0.05) is 18.0 Å². The second-order valence-electron chi connectivity index (χ2n) is 9.76. The number of benzene rings is 1. The smallest absolute Gasteiger partial charge is 0.353 e. The van der Waals surface area contributed by atoms with Crippen molar-refractivity contribution in [2.45, 2.75) is 50.8 Å². The van der Waals surface area contributed by atoms with E-state index in [4.69, 9.17) is 27.2 Å². The first-order chi connectivity index (χ1) is 19.3. The number of unbranched alkanes of at least 4 members (excludes halogenated alkanes) is 1. The van der Waals surface area contributed by atoms with Crippen molar-refractivity contribution in [2.24, 2.45) is 0 Å². The van der Waals surface area contributed by atoms with Crippen LogP contribution in [0.15, 0.2) is 47.1 Å². The van der Waals surface area contributed by atoms with Crippen LogP contribution in [0.3, 0.4) is 0 Å². The first-order valence-electron chi connectivity index (χ1n) is 13.3. The van der Waals surface area contributed by atoms with Gasteiger partial charge >= 0.3 is 15.2 Å². The topological polar surface area (TPSA) is 119 Å². The highest BCUT2D eigenvalue weighted by molar-refractivity contribution is 7.73. The summed E-state index contributed by atoms with van der Waals surface area (Å²) in [5.74, 6) is 0.624. The van der Waals surface area contributed by atoms with Crippen LogP contribution in [0, 0.1) is 12.7 Å². The molecule has 2 saturated heterocycles. The number of hydrogen-bond acceptors (Lipinski definition) is 10. The number of pyridine rings is 1. The van der Waals surface area contributed by atoms with E-state index in [9.17, 15) is 13.5 Å². The highest BCUT2D eigenvalue weighted by Gasteiger charge is 2.64. The van der Waals surface area contributed by atoms with Crippen molar-refractivity contribution in [3.63, 3.8) is 0 Å². The Morgan fingerprint density at radius 3 is 2.20 bits per heavy atom. The van der Waals surface area contributed by atoms with Gasteiger partial charge in [-0.05, 0) is 75.8 Å². The Morgan fingerprint density at radius 1 is 0.950 bits per heavy atom. The minimum atomic E-state index is -4.03. The van der Waals surface area contributed by atoms with Crippen molar-refractivity contribution in [2.75, 3.05) is 33.0 Å². The number of ether oxygens (including phenoxy) is 1. The van der Waals surface area contributed by atoms with E-state index >= 15 is 0 Å². The van der Waals surface area contributed by atoms with Crippen molar-refractivity contribution in [3.05, 3.63) is 65.6 Å². The van der Waals surface area contributed by atoms with Crippen LogP contribution in [-0.4, -0.2) is 43.0 Å². The lowest BCUT2D eigenvalue weighted by molar-refractivity contribution is 0.114. The summed E-state index contributed by atoms with van der Waals surface area (Å²) < 4.78 is 76.8. The largest absolute Gasteiger partial charge is 0.491 e. The Kier molecular flexibility index (Phi) is 8.90. The third kappa shape index (κ3) is 5.69. The summed E-state index contributed by atoms with van der Waals surface area (Å²) in [4.78, 5) is 6.80. The molecule has 0 radical (unpaired) electrons. The summed E-state index contributed by atoms with van der Waals surface area (Å²) in [6, 6.07) is 7.65. The standard InChI is InChI=1S/C27H33FN2O8P2/c1-20-24(30-26(38-20)21-10-12-29-13-11-21)7-3-4-14-33-25-19-22(8-9-23(25)28)27(2,39(31)34-15-5-16-35-39)40(32)36-17-6-18-37-40/h8-13,19H,3-7,14-18H2,1-2H3. The van der Waals surface area contributed by atoms with Gasteiger partial charge in [-0.15, -0.1) is 0 Å². The van der Waals surface area contributed by atoms with Crippen LogP contribution in [-0.2, 0) is 38.5 Å². The number of nitrogens with zero attached hydrogens (tertiary/aromatic N) is 2. The van der Waals surface area contributed by atoms with Crippen molar-refractivity contribution < 1.29 is 40.8 Å². The van der Waals surface area contributed by atoms with Crippen LogP contribution in [0.1, 0.15) is 49.6 Å². The van der Waals surface area contributed by atoms with Gasteiger partial charge in [0.05, 0.1) is 38.7 Å². The molecular formula is C27H33FN2O8P2. The second-order valence-corrected chi connectivity index (χ2v) is 14.9. The molecule has 2 aliphatic heterocycles. The lowest BCUT2D eigenvalue weighted by Crippen LogP contribution is -2.31. The Morgan fingerprint density at radius 2 is 1.57 bits per heavy atom. The highest BCUT2D eigenvalue weighted by atomic mass is 31.2. The molecule has 216 valence electrons. The average molecular weight is 595 g/mol. The van der Waals surface area contributed by atoms with E-state index in [1.807, 2.05) is 19.1 Å². The monoisotopic (exact) mass is 594 g/mol. The van der Waals surface area contributed by atoms with Gasteiger partial charge in [0.25, 0.3) is 0 Å². The Hall–Kier alpha value is -2.39. The van der Waals surface area contributed by atoms with Crippen molar-refractivity contribution in [3.8, 4) is 17.2 Å². The first kappa shape index (κ1) is 29.1. The molecule has 5 rings (SSSR count). The molecular weight excluding hydrogens is 561 g/mol. The summed E-state index contributed by atoms with van der Waals surface area (Å²) in [5.41, 5.74) is 1.94. The van der Waals surface area contributed by atoms with E-state index in [2.05, 4.69) is 9.97 Å². The third-order valence-corrected chi connectivity index (χ3v) is 13.3. The zero-order chi connectivity index (χ0) is 28.2. The quantitative estimate of drug-likeness (QED) is 0.179. The van der Waals surface area contributed by atoms with Gasteiger partial charge < -0.3 is 27.2 Å². The number of rotatable bonds is 10. The van der Waals surface area contributed by atoms with Crippen LogP contribution in [0.25, 0.3) is 11.5 Å². The van der Waals surface area contributed by atoms with Gasteiger partial charge in [-0.1, -0.05) is 6.07 Å². The molecule has 40 heavy (non-hydrogen) atoms. The molecule has 3 aromatic rings. The minimum Gasteiger partial charge on any atom is -0.491 e. The normalized spacial score (nSPS) is 18.9. The fourth-order valence-corrected chi connectivity index (χ4v) is 10.1. The van der Waals surface area contributed by atoms with Crippen molar-refractivity contribution >= 4 is 15.2 Å². The molecule has 0 bridgehead atoms. The molecule has 0 amide bonds. The van der Waals surface area contributed by atoms with Crippen LogP contribution in [0.4, 0.5) is 4.39 Å². The van der Waals surface area contributed by atoms with Gasteiger partial charge in [-0.2, -0.15) is 0 Å². The summed E-state index contributed by atoms with van der Waals surface area (Å²) in [7, 11) is -8.06. The maximum absolute atomic E-state index is 14.8. The van der Waals surface area contributed by atoms with E-state index < -0.39 is 25.9 Å². The predicted molar refractivity (Wildman–Crippen MR) is 145 cm³/mol. The lowest BCUT2D eigenvalue weighted by Gasteiger charge is -2.43. The maximum atomic E-state index is 14.8. The fourth-order valence-electron chi connectivity index (χ4n) is 4.66. The molecule has 0 aliphatic carbocycles. The zero-order valence-corrected chi connectivity index (χ0v) is 24.3. The molecule has 1 aromatic carbocycles. The molecule has 4 heterocycles. The zero-order valence-electron chi connectivity index (χ0n) is 22.5. The fraction of sp³-hybridized carbons (Fsp3) is 0.481. The van der Waals surface area contributed by atoms with Crippen LogP contribution < -0.4 is 4.74 Å². The average Bonchev–Trinajstić information content (AvgIpc) is 3.34. The third-order valence-electron chi connectivity index (χ3n) is 7.05. The maximum Gasteiger partial charge on any atom is 0.353 e.